The fourth-order valence-electron chi connectivity index (χ4n) is 2.82. The maximum absolute atomic E-state index is 10.7. The molecule has 1 saturated carbocycles. The van der Waals surface area contributed by atoms with Crippen LogP contribution < -0.4 is 5.32 Å². The third kappa shape index (κ3) is 2.55. The first-order chi connectivity index (χ1) is 7.61. The van der Waals surface area contributed by atoms with E-state index in [9.17, 15) is 4.79 Å². The monoisotopic (exact) mass is 227 g/mol. The zero-order valence-electron chi connectivity index (χ0n) is 9.87. The second-order valence-corrected chi connectivity index (χ2v) is 5.14. The summed E-state index contributed by atoms with van der Waals surface area (Å²) in [5, 5.41) is 11.8. The predicted octanol–water partition coefficient (Wildman–Crippen LogP) is 1.54. The average molecular weight is 227 g/mol. The zero-order valence-corrected chi connectivity index (χ0v) is 9.87. The van der Waals surface area contributed by atoms with Crippen LogP contribution in [-0.4, -0.2) is 35.4 Å². The van der Waals surface area contributed by atoms with E-state index >= 15 is 0 Å². The van der Waals surface area contributed by atoms with Crippen LogP contribution in [0.2, 0.25) is 0 Å². The first-order valence-corrected chi connectivity index (χ1v) is 6.25. The lowest BCUT2D eigenvalue weighted by Gasteiger charge is -2.24. The SMILES string of the molecule is C[C@H](NCC1CCC2(CCCC2)O1)C(=O)O. The summed E-state index contributed by atoms with van der Waals surface area (Å²) >= 11 is 0. The van der Waals surface area contributed by atoms with E-state index in [0.717, 1.165) is 12.8 Å². The fraction of sp³-hybridized carbons (Fsp3) is 0.917. The summed E-state index contributed by atoms with van der Waals surface area (Å²) in [5.41, 5.74) is 0.152. The van der Waals surface area contributed by atoms with Crippen molar-refractivity contribution < 1.29 is 14.6 Å². The van der Waals surface area contributed by atoms with E-state index in [1.165, 1.54) is 25.7 Å². The van der Waals surface area contributed by atoms with Crippen LogP contribution in [0.3, 0.4) is 0 Å². The summed E-state index contributed by atoms with van der Waals surface area (Å²) in [6, 6.07) is -0.483. The average Bonchev–Trinajstić information content (AvgIpc) is 2.86. The molecule has 0 aromatic rings. The van der Waals surface area contributed by atoms with Gasteiger partial charge in [0, 0.05) is 6.54 Å². The van der Waals surface area contributed by atoms with Crippen molar-refractivity contribution in [1.82, 2.24) is 5.32 Å². The van der Waals surface area contributed by atoms with Gasteiger partial charge < -0.3 is 15.2 Å². The molecule has 1 unspecified atom stereocenters. The largest absolute Gasteiger partial charge is 0.480 e. The van der Waals surface area contributed by atoms with Crippen molar-refractivity contribution in [3.8, 4) is 0 Å². The molecule has 4 nitrogen and oxygen atoms in total. The van der Waals surface area contributed by atoms with Crippen molar-refractivity contribution in [3.63, 3.8) is 0 Å². The van der Waals surface area contributed by atoms with E-state index < -0.39 is 12.0 Å². The van der Waals surface area contributed by atoms with Crippen molar-refractivity contribution >= 4 is 5.97 Å². The maximum atomic E-state index is 10.7. The highest BCUT2D eigenvalue weighted by Crippen LogP contribution is 2.43. The Bertz CT molecular complexity index is 261. The Morgan fingerprint density at radius 2 is 2.19 bits per heavy atom. The molecule has 4 heteroatoms. The number of carbonyl (C=O) groups is 1. The van der Waals surface area contributed by atoms with Crippen molar-refractivity contribution in [2.24, 2.45) is 0 Å². The Morgan fingerprint density at radius 3 is 2.81 bits per heavy atom. The number of rotatable bonds is 4. The van der Waals surface area contributed by atoms with Gasteiger partial charge in [-0.25, -0.2) is 0 Å². The van der Waals surface area contributed by atoms with Crippen LogP contribution in [0.1, 0.15) is 45.4 Å². The van der Waals surface area contributed by atoms with Gasteiger partial charge in [0.05, 0.1) is 11.7 Å². The molecule has 1 spiro atoms. The topological polar surface area (TPSA) is 58.6 Å². The molecule has 16 heavy (non-hydrogen) atoms. The number of hydrogen-bond donors (Lipinski definition) is 2. The van der Waals surface area contributed by atoms with Gasteiger partial charge in [-0.2, -0.15) is 0 Å². The second-order valence-electron chi connectivity index (χ2n) is 5.14. The lowest BCUT2D eigenvalue weighted by molar-refractivity contribution is -0.139. The number of hydrogen-bond acceptors (Lipinski definition) is 3. The molecule has 2 fully saturated rings. The fourth-order valence-corrected chi connectivity index (χ4v) is 2.82. The molecular formula is C12H21NO3. The summed E-state index contributed by atoms with van der Waals surface area (Å²) in [7, 11) is 0. The van der Waals surface area contributed by atoms with E-state index in [4.69, 9.17) is 9.84 Å². The first-order valence-electron chi connectivity index (χ1n) is 6.25. The molecule has 2 atom stereocenters. The van der Waals surface area contributed by atoms with Crippen LogP contribution in [0, 0.1) is 0 Å². The van der Waals surface area contributed by atoms with Gasteiger partial charge in [0.2, 0.25) is 0 Å². The van der Waals surface area contributed by atoms with E-state index in [1.54, 1.807) is 6.92 Å². The molecule has 1 saturated heterocycles. The highest BCUT2D eigenvalue weighted by atomic mass is 16.5. The van der Waals surface area contributed by atoms with E-state index in [0.29, 0.717) is 6.54 Å². The Morgan fingerprint density at radius 1 is 1.50 bits per heavy atom. The summed E-state index contributed by atoms with van der Waals surface area (Å²) in [5.74, 6) is -0.798. The minimum Gasteiger partial charge on any atom is -0.480 e. The number of carboxylic acid groups (broad SMARTS) is 1. The molecule has 92 valence electrons. The second kappa shape index (κ2) is 4.72. The molecule has 2 N–H and O–H groups in total. The zero-order chi connectivity index (χ0) is 11.6. The van der Waals surface area contributed by atoms with Crippen LogP contribution in [0.15, 0.2) is 0 Å². The molecule has 2 aliphatic rings. The Kier molecular flexibility index (Phi) is 3.50. The molecular weight excluding hydrogens is 206 g/mol. The predicted molar refractivity (Wildman–Crippen MR) is 60.4 cm³/mol. The van der Waals surface area contributed by atoms with Crippen molar-refractivity contribution in [2.75, 3.05) is 6.54 Å². The highest BCUT2D eigenvalue weighted by Gasteiger charge is 2.41. The van der Waals surface area contributed by atoms with Crippen LogP contribution >= 0.6 is 0 Å². The van der Waals surface area contributed by atoms with Crippen LogP contribution in [0.5, 0.6) is 0 Å². The molecule has 1 aliphatic carbocycles. The van der Waals surface area contributed by atoms with Gasteiger partial charge in [-0.15, -0.1) is 0 Å². The summed E-state index contributed by atoms with van der Waals surface area (Å²) in [4.78, 5) is 10.7. The van der Waals surface area contributed by atoms with Crippen LogP contribution in [-0.2, 0) is 9.53 Å². The quantitative estimate of drug-likeness (QED) is 0.765. The van der Waals surface area contributed by atoms with Crippen molar-refractivity contribution in [1.29, 1.82) is 0 Å². The van der Waals surface area contributed by atoms with Gasteiger partial charge in [0.25, 0.3) is 0 Å². The van der Waals surface area contributed by atoms with E-state index in [-0.39, 0.29) is 11.7 Å². The third-order valence-corrected chi connectivity index (χ3v) is 3.88. The van der Waals surface area contributed by atoms with Gasteiger partial charge in [-0.3, -0.25) is 4.79 Å². The Hall–Kier alpha value is -0.610. The summed E-state index contributed by atoms with van der Waals surface area (Å²) in [6.07, 6.45) is 7.38. The number of nitrogens with one attached hydrogen (secondary N) is 1. The normalized spacial score (nSPS) is 29.7. The Labute approximate surface area is 96.4 Å². The van der Waals surface area contributed by atoms with Gasteiger partial charge in [-0.1, -0.05) is 12.8 Å². The van der Waals surface area contributed by atoms with Gasteiger partial charge in [0.15, 0.2) is 0 Å². The van der Waals surface area contributed by atoms with Gasteiger partial charge in [0.1, 0.15) is 6.04 Å². The molecule has 0 amide bonds. The smallest absolute Gasteiger partial charge is 0.320 e. The number of carboxylic acids is 1. The van der Waals surface area contributed by atoms with Gasteiger partial charge in [-0.05, 0) is 32.6 Å². The molecule has 1 aliphatic heterocycles. The lowest BCUT2D eigenvalue weighted by Crippen LogP contribution is -2.39. The van der Waals surface area contributed by atoms with Crippen LogP contribution in [0.25, 0.3) is 0 Å². The number of aliphatic carboxylic acids is 1. The van der Waals surface area contributed by atoms with Crippen molar-refractivity contribution in [3.05, 3.63) is 0 Å². The van der Waals surface area contributed by atoms with E-state index in [1.807, 2.05) is 0 Å². The maximum Gasteiger partial charge on any atom is 0.320 e. The molecule has 0 aromatic carbocycles. The van der Waals surface area contributed by atoms with Gasteiger partial charge >= 0.3 is 5.97 Å². The van der Waals surface area contributed by atoms with Crippen LogP contribution in [0.4, 0.5) is 0 Å². The lowest BCUT2D eigenvalue weighted by atomic mass is 9.98. The summed E-state index contributed by atoms with van der Waals surface area (Å²) < 4.78 is 6.08. The van der Waals surface area contributed by atoms with E-state index in [2.05, 4.69) is 5.32 Å². The standard InChI is InChI=1S/C12H21NO3/c1-9(11(14)15)13-8-10-4-7-12(16-10)5-2-3-6-12/h9-10,13H,2-8H2,1H3,(H,14,15)/t9-,10?/m0/s1. The third-order valence-electron chi connectivity index (χ3n) is 3.88. The molecule has 0 bridgehead atoms. The first kappa shape index (κ1) is 11.9. The molecule has 0 radical (unpaired) electrons. The minimum atomic E-state index is -0.798. The molecule has 1 heterocycles. The Balaban J connectivity index is 1.74. The molecule has 2 rings (SSSR count). The number of ether oxygens (including phenoxy) is 1. The highest BCUT2D eigenvalue weighted by molar-refractivity contribution is 5.72. The summed E-state index contributed by atoms with van der Waals surface area (Å²) in [6.45, 7) is 2.33. The molecule has 0 aromatic heterocycles. The van der Waals surface area contributed by atoms with Crippen molar-refractivity contribution in [2.45, 2.75) is 63.2 Å². The minimum absolute atomic E-state index is 0.152.